The van der Waals surface area contributed by atoms with Gasteiger partial charge in [0, 0.05) is 6.04 Å². The topological polar surface area (TPSA) is 63.8 Å². The van der Waals surface area contributed by atoms with E-state index >= 15 is 0 Å². The van der Waals surface area contributed by atoms with Crippen LogP contribution in [-0.2, 0) is 0 Å². The first-order valence-electron chi connectivity index (χ1n) is 4.92. The molecule has 6 heteroatoms. The molecule has 1 fully saturated rings. The number of nitrogens with one attached hydrogen (secondary N) is 1. The third-order valence-corrected chi connectivity index (χ3v) is 3.03. The van der Waals surface area contributed by atoms with Crippen molar-refractivity contribution in [3.63, 3.8) is 0 Å². The highest BCUT2D eigenvalue weighted by Gasteiger charge is 2.17. The fourth-order valence-corrected chi connectivity index (χ4v) is 2.17. The lowest BCUT2D eigenvalue weighted by Crippen LogP contribution is -2.17. The van der Waals surface area contributed by atoms with Crippen molar-refractivity contribution in [2.24, 2.45) is 0 Å². The molecule has 4 nitrogen and oxygen atoms in total. The van der Waals surface area contributed by atoms with E-state index in [1.807, 2.05) is 0 Å². The summed E-state index contributed by atoms with van der Waals surface area (Å²) in [5.41, 5.74) is 6.12. The Hall–Kier alpha value is -0.740. The molecule has 0 radical (unpaired) electrons. The molecule has 0 spiro atoms. The summed E-state index contributed by atoms with van der Waals surface area (Å²) in [5.74, 6) is 0.548. The zero-order valence-corrected chi connectivity index (χ0v) is 9.65. The number of halogens is 2. The largest absolute Gasteiger partial charge is 0.393 e. The number of nitrogens with two attached hydrogens (primary N) is 1. The summed E-state index contributed by atoms with van der Waals surface area (Å²) in [7, 11) is 0. The summed E-state index contributed by atoms with van der Waals surface area (Å²) in [4.78, 5) is 7.79. The van der Waals surface area contributed by atoms with Crippen LogP contribution < -0.4 is 11.1 Å². The van der Waals surface area contributed by atoms with Crippen molar-refractivity contribution in [1.29, 1.82) is 0 Å². The average molecular weight is 247 g/mol. The van der Waals surface area contributed by atoms with Crippen LogP contribution in [0.15, 0.2) is 0 Å². The highest BCUT2D eigenvalue weighted by atomic mass is 35.5. The minimum atomic E-state index is 0.120. The van der Waals surface area contributed by atoms with Gasteiger partial charge in [-0.25, -0.2) is 4.98 Å². The lowest BCUT2D eigenvalue weighted by atomic mass is 10.2. The second kappa shape index (κ2) is 4.41. The van der Waals surface area contributed by atoms with Crippen LogP contribution in [0.3, 0.4) is 0 Å². The van der Waals surface area contributed by atoms with Gasteiger partial charge in [-0.2, -0.15) is 4.98 Å². The number of rotatable bonds is 2. The summed E-state index contributed by atoms with van der Waals surface area (Å²) in [5, 5.41) is 3.57. The SMILES string of the molecule is Nc1c(Cl)nc(Cl)nc1NC1CCCC1. The summed E-state index contributed by atoms with van der Waals surface area (Å²) in [6.45, 7) is 0. The van der Waals surface area contributed by atoms with Crippen molar-refractivity contribution in [3.8, 4) is 0 Å². The van der Waals surface area contributed by atoms with Crippen LogP contribution in [0.25, 0.3) is 0 Å². The average Bonchev–Trinajstić information content (AvgIpc) is 2.66. The lowest BCUT2D eigenvalue weighted by molar-refractivity contribution is 0.750. The van der Waals surface area contributed by atoms with Crippen LogP contribution in [0.2, 0.25) is 10.4 Å². The number of aromatic nitrogens is 2. The fraction of sp³-hybridized carbons (Fsp3) is 0.556. The summed E-state index contributed by atoms with van der Waals surface area (Å²) in [6, 6.07) is 0.425. The Kier molecular flexibility index (Phi) is 3.17. The van der Waals surface area contributed by atoms with Crippen molar-refractivity contribution >= 4 is 34.7 Å². The summed E-state index contributed by atoms with van der Waals surface area (Å²) >= 11 is 11.5. The normalized spacial score (nSPS) is 16.9. The molecule has 2 rings (SSSR count). The van der Waals surface area contributed by atoms with Gasteiger partial charge in [-0.15, -0.1) is 0 Å². The maximum Gasteiger partial charge on any atom is 0.225 e. The molecule has 0 amide bonds. The van der Waals surface area contributed by atoms with Gasteiger partial charge in [0.25, 0.3) is 0 Å². The molecule has 82 valence electrons. The van der Waals surface area contributed by atoms with Gasteiger partial charge in [0.2, 0.25) is 5.28 Å². The second-order valence-corrected chi connectivity index (χ2v) is 4.37. The number of nitrogen functional groups attached to an aromatic ring is 1. The molecule has 0 aromatic carbocycles. The Morgan fingerprint density at radius 3 is 2.53 bits per heavy atom. The van der Waals surface area contributed by atoms with E-state index in [1.54, 1.807) is 0 Å². The first kappa shape index (κ1) is 10.8. The van der Waals surface area contributed by atoms with E-state index in [4.69, 9.17) is 28.9 Å². The molecule has 0 aliphatic heterocycles. The Labute approximate surface area is 98.2 Å². The standard InChI is InChI=1S/C9H12Cl2N4/c10-7-6(12)8(15-9(11)14-7)13-5-3-1-2-4-5/h5H,1-4,12H2,(H,13,14,15). The van der Waals surface area contributed by atoms with Gasteiger partial charge >= 0.3 is 0 Å². The van der Waals surface area contributed by atoms with Gasteiger partial charge in [-0.05, 0) is 24.4 Å². The number of anilines is 2. The molecular weight excluding hydrogens is 235 g/mol. The molecule has 3 N–H and O–H groups in total. The number of hydrogen-bond acceptors (Lipinski definition) is 4. The zero-order valence-electron chi connectivity index (χ0n) is 8.13. The van der Waals surface area contributed by atoms with Crippen LogP contribution in [0, 0.1) is 0 Å². The summed E-state index contributed by atoms with van der Waals surface area (Å²) in [6.07, 6.45) is 4.76. The number of nitrogens with zero attached hydrogens (tertiary/aromatic N) is 2. The predicted octanol–water partition coefficient (Wildman–Crippen LogP) is 2.72. The van der Waals surface area contributed by atoms with E-state index in [9.17, 15) is 0 Å². The van der Waals surface area contributed by atoms with Crippen molar-refractivity contribution in [2.45, 2.75) is 31.7 Å². The van der Waals surface area contributed by atoms with Gasteiger partial charge < -0.3 is 11.1 Å². The Balaban J connectivity index is 2.19. The van der Waals surface area contributed by atoms with Gasteiger partial charge in [0.05, 0.1) is 0 Å². The molecule has 1 aromatic heterocycles. The van der Waals surface area contributed by atoms with Crippen LogP contribution in [0.1, 0.15) is 25.7 Å². The van der Waals surface area contributed by atoms with E-state index in [-0.39, 0.29) is 10.4 Å². The van der Waals surface area contributed by atoms with Crippen LogP contribution in [0.4, 0.5) is 11.5 Å². The van der Waals surface area contributed by atoms with Gasteiger partial charge in [-0.3, -0.25) is 0 Å². The van der Waals surface area contributed by atoms with Gasteiger partial charge in [0.1, 0.15) is 5.69 Å². The van der Waals surface area contributed by atoms with E-state index in [1.165, 1.54) is 12.8 Å². The Bertz CT molecular complexity index is 363. The molecule has 1 heterocycles. The van der Waals surface area contributed by atoms with Crippen molar-refractivity contribution in [1.82, 2.24) is 9.97 Å². The predicted molar refractivity (Wildman–Crippen MR) is 62.3 cm³/mol. The molecule has 0 saturated heterocycles. The first-order valence-corrected chi connectivity index (χ1v) is 5.67. The van der Waals surface area contributed by atoms with Crippen LogP contribution in [-0.4, -0.2) is 16.0 Å². The van der Waals surface area contributed by atoms with Crippen molar-refractivity contribution < 1.29 is 0 Å². The smallest absolute Gasteiger partial charge is 0.225 e. The van der Waals surface area contributed by atoms with Crippen LogP contribution >= 0.6 is 23.2 Å². The molecule has 15 heavy (non-hydrogen) atoms. The number of hydrogen-bond donors (Lipinski definition) is 2. The molecule has 0 atom stereocenters. The molecule has 1 aromatic rings. The van der Waals surface area contributed by atoms with Crippen molar-refractivity contribution in [3.05, 3.63) is 10.4 Å². The minimum absolute atomic E-state index is 0.120. The van der Waals surface area contributed by atoms with Gasteiger partial charge in [-0.1, -0.05) is 24.4 Å². The Morgan fingerprint density at radius 2 is 1.87 bits per heavy atom. The molecule has 0 bridgehead atoms. The van der Waals surface area contributed by atoms with Crippen LogP contribution in [0.5, 0.6) is 0 Å². The maximum atomic E-state index is 5.80. The molecule has 1 aliphatic carbocycles. The van der Waals surface area contributed by atoms with E-state index in [0.717, 1.165) is 12.8 Å². The van der Waals surface area contributed by atoms with E-state index < -0.39 is 0 Å². The maximum absolute atomic E-state index is 5.80. The van der Waals surface area contributed by atoms with E-state index in [0.29, 0.717) is 17.5 Å². The van der Waals surface area contributed by atoms with E-state index in [2.05, 4.69) is 15.3 Å². The lowest BCUT2D eigenvalue weighted by Gasteiger charge is -2.14. The molecule has 1 aliphatic rings. The third kappa shape index (κ3) is 2.44. The van der Waals surface area contributed by atoms with Gasteiger partial charge in [0.15, 0.2) is 11.0 Å². The monoisotopic (exact) mass is 246 g/mol. The quantitative estimate of drug-likeness (QED) is 0.623. The fourth-order valence-electron chi connectivity index (χ4n) is 1.79. The molecule has 0 unspecified atom stereocenters. The minimum Gasteiger partial charge on any atom is -0.393 e. The molecular formula is C9H12Cl2N4. The highest BCUT2D eigenvalue weighted by Crippen LogP contribution is 2.28. The summed E-state index contributed by atoms with van der Waals surface area (Å²) < 4.78 is 0. The second-order valence-electron chi connectivity index (χ2n) is 3.67. The highest BCUT2D eigenvalue weighted by molar-refractivity contribution is 6.34. The first-order chi connectivity index (χ1) is 7.16. The van der Waals surface area contributed by atoms with Crippen molar-refractivity contribution in [2.75, 3.05) is 11.1 Å². The molecule has 1 saturated carbocycles. The Morgan fingerprint density at radius 1 is 1.20 bits per heavy atom. The third-order valence-electron chi connectivity index (χ3n) is 2.57. The zero-order chi connectivity index (χ0) is 10.8.